The molecule has 0 unspecified atom stereocenters. The topological polar surface area (TPSA) is 110 Å². The Morgan fingerprint density at radius 3 is 2.19 bits per heavy atom. The third-order valence-electron chi connectivity index (χ3n) is 7.37. The Morgan fingerprint density at radius 2 is 1.59 bits per heavy atom. The second-order valence-corrected chi connectivity index (χ2v) is 8.97. The van der Waals surface area contributed by atoms with Crippen LogP contribution in [0.2, 0.25) is 0 Å². The predicted molar refractivity (Wildman–Crippen MR) is 115 cm³/mol. The highest BCUT2D eigenvalue weighted by Crippen LogP contribution is 2.65. The number of allylic oxidation sites excluding steroid dienone is 2. The molecule has 7 rings (SSSR count). The lowest BCUT2D eigenvalue weighted by molar-refractivity contribution is -0.384. The van der Waals surface area contributed by atoms with Gasteiger partial charge in [-0.15, -0.1) is 0 Å². The number of nitro groups is 1. The SMILES string of the molecule is O=C(Nc1cccc([N+](=O)[O-])c1)c1ccc(N2C(=O)[C@@H]3[C@H]4C=C[C@H]([C@H]5C[C@H]45)[C@@H]3C2=O)cc1. The van der Waals surface area contributed by atoms with Gasteiger partial charge in [-0.1, -0.05) is 18.2 Å². The van der Waals surface area contributed by atoms with E-state index in [2.05, 4.69) is 17.5 Å². The maximum absolute atomic E-state index is 13.2. The molecule has 2 bridgehead atoms. The number of imide groups is 1. The normalized spacial score (nSPS) is 31.3. The van der Waals surface area contributed by atoms with Crippen LogP contribution in [0.15, 0.2) is 60.7 Å². The molecule has 1 heterocycles. The van der Waals surface area contributed by atoms with Gasteiger partial charge in [0, 0.05) is 23.4 Å². The van der Waals surface area contributed by atoms with E-state index in [0.29, 0.717) is 28.8 Å². The van der Waals surface area contributed by atoms with Crippen LogP contribution < -0.4 is 10.2 Å². The summed E-state index contributed by atoms with van der Waals surface area (Å²) < 4.78 is 0. The summed E-state index contributed by atoms with van der Waals surface area (Å²) in [6.07, 6.45) is 5.39. The average molecular weight is 429 g/mol. The predicted octanol–water partition coefficient (Wildman–Crippen LogP) is 3.40. The van der Waals surface area contributed by atoms with Crippen LogP contribution in [0.1, 0.15) is 16.8 Å². The lowest BCUT2D eigenvalue weighted by atomic mass is 9.63. The number of nitrogens with zero attached hydrogens (tertiary/aromatic N) is 2. The first kappa shape index (κ1) is 18.9. The van der Waals surface area contributed by atoms with Gasteiger partial charge in [-0.05, 0) is 60.4 Å². The standard InChI is InChI=1S/C24H19N3O5/c28-22(25-13-2-1-3-15(10-13)27(31)32)12-4-6-14(7-5-12)26-23(29)20-16-8-9-17(19-11-18(16)19)21(20)24(26)30/h1-10,16-21H,11H2,(H,25,28)/t16-,17+,18-,19-,20+,21-/m1/s1. The molecular weight excluding hydrogens is 410 g/mol. The van der Waals surface area contributed by atoms with Gasteiger partial charge >= 0.3 is 0 Å². The van der Waals surface area contributed by atoms with E-state index in [1.807, 2.05) is 0 Å². The quantitative estimate of drug-likeness (QED) is 0.347. The summed E-state index contributed by atoms with van der Waals surface area (Å²) in [5.41, 5.74) is 0.977. The van der Waals surface area contributed by atoms with Crippen molar-refractivity contribution in [3.05, 3.63) is 76.4 Å². The number of benzene rings is 2. The molecule has 32 heavy (non-hydrogen) atoms. The molecule has 160 valence electrons. The van der Waals surface area contributed by atoms with Crippen molar-refractivity contribution in [2.45, 2.75) is 6.42 Å². The molecule has 6 atom stereocenters. The number of nitrogens with one attached hydrogen (secondary N) is 1. The highest BCUT2D eigenvalue weighted by molar-refractivity contribution is 6.22. The average Bonchev–Trinajstić information content (AvgIpc) is 3.57. The molecule has 4 aliphatic carbocycles. The molecule has 3 fully saturated rings. The molecule has 3 amide bonds. The smallest absolute Gasteiger partial charge is 0.271 e. The molecule has 2 saturated carbocycles. The Morgan fingerprint density at radius 1 is 0.969 bits per heavy atom. The minimum Gasteiger partial charge on any atom is -0.322 e. The Bertz CT molecular complexity index is 1180. The summed E-state index contributed by atoms with van der Waals surface area (Å²) >= 11 is 0. The number of carbonyl (C=O) groups excluding carboxylic acids is 3. The summed E-state index contributed by atoms with van der Waals surface area (Å²) in [4.78, 5) is 50.6. The number of amides is 3. The van der Waals surface area contributed by atoms with Gasteiger partial charge in [-0.3, -0.25) is 29.4 Å². The van der Waals surface area contributed by atoms with Crippen molar-refractivity contribution in [3.8, 4) is 0 Å². The van der Waals surface area contributed by atoms with Crippen molar-refractivity contribution in [1.82, 2.24) is 0 Å². The fraction of sp³-hybridized carbons (Fsp3) is 0.292. The van der Waals surface area contributed by atoms with Crippen LogP contribution >= 0.6 is 0 Å². The maximum Gasteiger partial charge on any atom is 0.271 e. The zero-order valence-electron chi connectivity index (χ0n) is 16.9. The molecule has 2 aromatic carbocycles. The van der Waals surface area contributed by atoms with E-state index in [1.54, 1.807) is 30.3 Å². The zero-order chi connectivity index (χ0) is 22.1. The second-order valence-electron chi connectivity index (χ2n) is 8.97. The molecule has 8 heteroatoms. The molecule has 0 radical (unpaired) electrons. The van der Waals surface area contributed by atoms with Crippen molar-refractivity contribution in [2.75, 3.05) is 10.2 Å². The first-order valence-electron chi connectivity index (χ1n) is 10.7. The van der Waals surface area contributed by atoms with Crippen molar-refractivity contribution >= 4 is 34.8 Å². The highest BCUT2D eigenvalue weighted by Gasteiger charge is 2.67. The van der Waals surface area contributed by atoms with Crippen molar-refractivity contribution in [3.63, 3.8) is 0 Å². The Labute approximate surface area is 183 Å². The summed E-state index contributed by atoms with van der Waals surface area (Å²) in [5, 5.41) is 13.5. The molecule has 0 spiro atoms. The van der Waals surface area contributed by atoms with Crippen LogP contribution in [0.3, 0.4) is 0 Å². The third kappa shape index (κ3) is 2.65. The fourth-order valence-electron chi connectivity index (χ4n) is 5.87. The van der Waals surface area contributed by atoms with Crippen LogP contribution in [-0.2, 0) is 9.59 Å². The summed E-state index contributed by atoms with van der Waals surface area (Å²) in [7, 11) is 0. The molecule has 8 nitrogen and oxygen atoms in total. The van der Waals surface area contributed by atoms with E-state index in [9.17, 15) is 24.5 Å². The lowest BCUT2D eigenvalue weighted by Gasteiger charge is -2.37. The van der Waals surface area contributed by atoms with Crippen LogP contribution in [-0.4, -0.2) is 22.6 Å². The maximum atomic E-state index is 13.2. The second kappa shape index (κ2) is 6.59. The molecule has 1 aliphatic heterocycles. The largest absolute Gasteiger partial charge is 0.322 e. The number of hydrogen-bond donors (Lipinski definition) is 1. The molecule has 1 saturated heterocycles. The first-order valence-corrected chi connectivity index (χ1v) is 10.7. The summed E-state index contributed by atoms with van der Waals surface area (Å²) in [6.45, 7) is 0. The Balaban J connectivity index is 1.21. The monoisotopic (exact) mass is 429 g/mol. The van der Waals surface area contributed by atoms with E-state index in [4.69, 9.17) is 0 Å². The van der Waals surface area contributed by atoms with Crippen LogP contribution in [0.5, 0.6) is 0 Å². The van der Waals surface area contributed by atoms with Gasteiger partial charge in [0.05, 0.1) is 22.4 Å². The molecular formula is C24H19N3O5. The van der Waals surface area contributed by atoms with E-state index in [-0.39, 0.29) is 41.2 Å². The van der Waals surface area contributed by atoms with E-state index in [0.717, 1.165) is 6.42 Å². The van der Waals surface area contributed by atoms with Gasteiger partial charge in [-0.2, -0.15) is 0 Å². The molecule has 2 aromatic rings. The van der Waals surface area contributed by atoms with E-state index >= 15 is 0 Å². The number of hydrogen-bond acceptors (Lipinski definition) is 5. The van der Waals surface area contributed by atoms with Crippen LogP contribution in [0.25, 0.3) is 0 Å². The first-order chi connectivity index (χ1) is 15.4. The third-order valence-corrected chi connectivity index (χ3v) is 7.37. The van der Waals surface area contributed by atoms with Gasteiger partial charge in [0.25, 0.3) is 11.6 Å². The van der Waals surface area contributed by atoms with Gasteiger partial charge in [0.1, 0.15) is 0 Å². The Kier molecular flexibility index (Phi) is 3.90. The lowest BCUT2D eigenvalue weighted by Crippen LogP contribution is -2.40. The molecule has 0 aromatic heterocycles. The van der Waals surface area contributed by atoms with Crippen LogP contribution in [0, 0.1) is 45.6 Å². The van der Waals surface area contributed by atoms with Gasteiger partial charge in [0.2, 0.25) is 11.8 Å². The highest BCUT2D eigenvalue weighted by atomic mass is 16.6. The minimum absolute atomic E-state index is 0.119. The van der Waals surface area contributed by atoms with E-state index in [1.165, 1.54) is 23.1 Å². The van der Waals surface area contributed by atoms with Crippen molar-refractivity contribution in [2.24, 2.45) is 35.5 Å². The van der Waals surface area contributed by atoms with Crippen LogP contribution in [0.4, 0.5) is 17.1 Å². The molecule has 1 N–H and O–H groups in total. The Hall–Kier alpha value is -3.81. The number of rotatable bonds is 4. The van der Waals surface area contributed by atoms with Gasteiger partial charge in [0.15, 0.2) is 0 Å². The van der Waals surface area contributed by atoms with Gasteiger partial charge < -0.3 is 5.32 Å². The minimum atomic E-state index is -0.530. The number of anilines is 2. The fourth-order valence-corrected chi connectivity index (χ4v) is 5.87. The number of non-ortho nitro benzene ring substituents is 1. The van der Waals surface area contributed by atoms with Gasteiger partial charge in [-0.25, -0.2) is 0 Å². The van der Waals surface area contributed by atoms with Crippen molar-refractivity contribution < 1.29 is 19.3 Å². The van der Waals surface area contributed by atoms with E-state index < -0.39 is 10.8 Å². The van der Waals surface area contributed by atoms with Crippen molar-refractivity contribution in [1.29, 1.82) is 0 Å². The number of carbonyl (C=O) groups is 3. The summed E-state index contributed by atoms with van der Waals surface area (Å²) in [5.74, 6) is 0.166. The zero-order valence-corrected chi connectivity index (χ0v) is 16.9. The number of nitro benzene ring substituents is 1. The molecule has 5 aliphatic rings. The summed E-state index contributed by atoms with van der Waals surface area (Å²) in [6, 6.07) is 12.0.